The number of ether oxygens (including phenoxy) is 1. The van der Waals surface area contributed by atoms with E-state index in [4.69, 9.17) is 10.00 Å². The molecule has 1 aliphatic rings. The molecule has 5 heteroatoms. The summed E-state index contributed by atoms with van der Waals surface area (Å²) in [5.74, 6) is 0.564. The van der Waals surface area contributed by atoms with E-state index in [1.54, 1.807) is 12.1 Å². The minimum atomic E-state index is -3.36. The minimum Gasteiger partial charge on any atom is -0.380 e. The Bertz CT molecular complexity index is 583. The van der Waals surface area contributed by atoms with Gasteiger partial charge in [-0.15, -0.1) is 0 Å². The fourth-order valence-electron chi connectivity index (χ4n) is 2.47. The maximum absolute atomic E-state index is 12.1. The molecule has 2 rings (SSSR count). The molecule has 1 aliphatic carbocycles. The molecule has 0 atom stereocenters. The third kappa shape index (κ3) is 4.06. The van der Waals surface area contributed by atoms with Gasteiger partial charge in [0.25, 0.3) is 0 Å². The predicted molar refractivity (Wildman–Crippen MR) is 76.0 cm³/mol. The van der Waals surface area contributed by atoms with Crippen molar-refractivity contribution in [1.29, 1.82) is 5.26 Å². The Labute approximate surface area is 120 Å². The van der Waals surface area contributed by atoms with Gasteiger partial charge in [0.15, 0.2) is 9.84 Å². The Kier molecular flexibility index (Phi) is 5.16. The molecule has 1 saturated carbocycles. The first-order chi connectivity index (χ1) is 9.62. The Balaban J connectivity index is 1.85. The third-order valence-electron chi connectivity index (χ3n) is 3.65. The van der Waals surface area contributed by atoms with Crippen molar-refractivity contribution in [3.63, 3.8) is 0 Å². The van der Waals surface area contributed by atoms with Gasteiger partial charge in [-0.25, -0.2) is 8.42 Å². The lowest BCUT2D eigenvalue weighted by Crippen LogP contribution is -2.15. The van der Waals surface area contributed by atoms with Crippen LogP contribution in [0.4, 0.5) is 0 Å². The second-order valence-corrected chi connectivity index (χ2v) is 7.29. The van der Waals surface area contributed by atoms with Crippen LogP contribution in [0.3, 0.4) is 0 Å². The quantitative estimate of drug-likeness (QED) is 0.756. The second-order valence-electron chi connectivity index (χ2n) is 5.18. The zero-order chi connectivity index (χ0) is 14.4. The van der Waals surface area contributed by atoms with Gasteiger partial charge >= 0.3 is 0 Å². The predicted octanol–water partition coefficient (Wildman–Crippen LogP) is 2.54. The second kappa shape index (κ2) is 6.87. The molecule has 0 amide bonds. The molecule has 4 nitrogen and oxygen atoms in total. The summed E-state index contributed by atoms with van der Waals surface area (Å²) in [5.41, 5.74) is 0.359. The van der Waals surface area contributed by atoms with E-state index in [0.29, 0.717) is 18.1 Å². The number of rotatable bonds is 6. The smallest absolute Gasteiger partial charge is 0.180 e. The first kappa shape index (κ1) is 15.0. The highest BCUT2D eigenvalue weighted by atomic mass is 32.2. The number of hydrogen-bond donors (Lipinski definition) is 0. The van der Waals surface area contributed by atoms with E-state index >= 15 is 0 Å². The molecular formula is C15H19NO3S. The fourth-order valence-corrected chi connectivity index (χ4v) is 3.64. The van der Waals surface area contributed by atoms with Gasteiger partial charge in [0.05, 0.1) is 28.9 Å². The molecule has 0 aromatic heterocycles. The number of sulfone groups is 1. The van der Waals surface area contributed by atoms with Crippen LogP contribution in [0.25, 0.3) is 0 Å². The van der Waals surface area contributed by atoms with E-state index in [9.17, 15) is 8.42 Å². The largest absolute Gasteiger partial charge is 0.380 e. The monoisotopic (exact) mass is 293 g/mol. The molecule has 0 saturated heterocycles. The summed E-state index contributed by atoms with van der Waals surface area (Å²) in [7, 11) is -3.36. The first-order valence-electron chi connectivity index (χ1n) is 6.92. The molecule has 1 fully saturated rings. The Morgan fingerprint density at radius 3 is 2.75 bits per heavy atom. The van der Waals surface area contributed by atoms with Crippen molar-refractivity contribution >= 4 is 9.84 Å². The molecule has 0 N–H and O–H groups in total. The van der Waals surface area contributed by atoms with Crippen molar-refractivity contribution in [2.45, 2.75) is 30.6 Å². The van der Waals surface area contributed by atoms with Crippen LogP contribution in [-0.4, -0.2) is 27.4 Å². The number of hydrogen-bond acceptors (Lipinski definition) is 4. The lowest BCUT2D eigenvalue weighted by molar-refractivity contribution is 0.114. The van der Waals surface area contributed by atoms with Gasteiger partial charge in [0.2, 0.25) is 0 Å². The van der Waals surface area contributed by atoms with Gasteiger partial charge in [-0.3, -0.25) is 0 Å². The third-order valence-corrected chi connectivity index (χ3v) is 5.32. The minimum absolute atomic E-state index is 0.0331. The van der Waals surface area contributed by atoms with Crippen molar-refractivity contribution in [3.8, 4) is 6.07 Å². The van der Waals surface area contributed by atoms with Gasteiger partial charge in [0, 0.05) is 6.61 Å². The zero-order valence-corrected chi connectivity index (χ0v) is 12.2. The molecule has 1 aromatic rings. The van der Waals surface area contributed by atoms with Crippen LogP contribution in [0.2, 0.25) is 0 Å². The van der Waals surface area contributed by atoms with E-state index in [2.05, 4.69) is 0 Å². The molecule has 20 heavy (non-hydrogen) atoms. The van der Waals surface area contributed by atoms with E-state index in [1.807, 2.05) is 6.07 Å². The highest BCUT2D eigenvalue weighted by Crippen LogP contribution is 2.24. The Hall–Kier alpha value is -1.38. The van der Waals surface area contributed by atoms with Crippen LogP contribution in [-0.2, 0) is 14.6 Å². The number of benzene rings is 1. The summed E-state index contributed by atoms with van der Waals surface area (Å²) in [6.45, 7) is 0.878. The van der Waals surface area contributed by atoms with Gasteiger partial charge in [-0.2, -0.15) is 5.26 Å². The summed E-state index contributed by atoms with van der Waals surface area (Å²) in [6.07, 6.45) is 4.90. The highest BCUT2D eigenvalue weighted by Gasteiger charge is 2.17. The average molecular weight is 293 g/mol. The standard InChI is InChI=1S/C15H19NO3S/c16-11-14-6-3-7-15(10-14)20(17,18)9-8-19-12-13-4-1-2-5-13/h3,6-7,10,13H,1-2,4-5,8-9,12H2. The van der Waals surface area contributed by atoms with Crippen molar-refractivity contribution < 1.29 is 13.2 Å². The van der Waals surface area contributed by atoms with Crippen molar-refractivity contribution in [2.75, 3.05) is 19.0 Å². The molecule has 0 heterocycles. The van der Waals surface area contributed by atoms with E-state index < -0.39 is 9.84 Å². The molecular weight excluding hydrogens is 274 g/mol. The topological polar surface area (TPSA) is 67.2 Å². The van der Waals surface area contributed by atoms with Gasteiger partial charge < -0.3 is 4.74 Å². The van der Waals surface area contributed by atoms with Crippen LogP contribution in [0, 0.1) is 17.2 Å². The Morgan fingerprint density at radius 2 is 2.05 bits per heavy atom. The fraction of sp³-hybridized carbons (Fsp3) is 0.533. The average Bonchev–Trinajstić information content (AvgIpc) is 2.97. The van der Waals surface area contributed by atoms with Crippen LogP contribution >= 0.6 is 0 Å². The van der Waals surface area contributed by atoms with Crippen LogP contribution < -0.4 is 0 Å². The summed E-state index contributed by atoms with van der Waals surface area (Å²) < 4.78 is 29.7. The van der Waals surface area contributed by atoms with Crippen LogP contribution in [0.5, 0.6) is 0 Å². The Morgan fingerprint density at radius 1 is 1.30 bits per heavy atom. The molecule has 0 radical (unpaired) electrons. The normalized spacial score (nSPS) is 16.1. The lowest BCUT2D eigenvalue weighted by Gasteiger charge is -2.10. The zero-order valence-electron chi connectivity index (χ0n) is 11.4. The SMILES string of the molecule is N#Cc1cccc(S(=O)(=O)CCOCC2CCCC2)c1. The highest BCUT2D eigenvalue weighted by molar-refractivity contribution is 7.91. The molecule has 0 aliphatic heterocycles. The first-order valence-corrected chi connectivity index (χ1v) is 8.58. The molecule has 0 bridgehead atoms. The summed E-state index contributed by atoms with van der Waals surface area (Å²) in [6, 6.07) is 8.06. The lowest BCUT2D eigenvalue weighted by atomic mass is 10.1. The number of nitriles is 1. The number of nitrogens with zero attached hydrogens (tertiary/aromatic N) is 1. The van der Waals surface area contributed by atoms with Crippen molar-refractivity contribution in [3.05, 3.63) is 29.8 Å². The maximum atomic E-state index is 12.1. The van der Waals surface area contributed by atoms with E-state index in [0.717, 1.165) is 0 Å². The summed E-state index contributed by atoms with van der Waals surface area (Å²) >= 11 is 0. The summed E-state index contributed by atoms with van der Waals surface area (Å²) in [4.78, 5) is 0.195. The molecule has 108 valence electrons. The molecule has 0 unspecified atom stereocenters. The van der Waals surface area contributed by atoms with Crippen LogP contribution in [0.1, 0.15) is 31.2 Å². The van der Waals surface area contributed by atoms with E-state index in [1.165, 1.54) is 37.8 Å². The van der Waals surface area contributed by atoms with E-state index in [-0.39, 0.29) is 17.3 Å². The van der Waals surface area contributed by atoms with Gasteiger partial charge in [0.1, 0.15) is 0 Å². The van der Waals surface area contributed by atoms with Gasteiger partial charge in [-0.05, 0) is 37.0 Å². The van der Waals surface area contributed by atoms with Gasteiger partial charge in [-0.1, -0.05) is 18.9 Å². The molecule has 0 spiro atoms. The van der Waals surface area contributed by atoms with Crippen LogP contribution in [0.15, 0.2) is 29.2 Å². The molecule has 1 aromatic carbocycles. The summed E-state index contributed by atoms with van der Waals surface area (Å²) in [5, 5.41) is 8.79. The van der Waals surface area contributed by atoms with Crippen molar-refractivity contribution in [1.82, 2.24) is 0 Å². The maximum Gasteiger partial charge on any atom is 0.180 e. The van der Waals surface area contributed by atoms with Crippen molar-refractivity contribution in [2.24, 2.45) is 5.92 Å².